The number of ether oxygens (including phenoxy) is 1. The van der Waals surface area contributed by atoms with Gasteiger partial charge in [-0.25, -0.2) is 0 Å². The number of hydrogen-bond acceptors (Lipinski definition) is 4. The molecule has 0 bridgehead atoms. The highest BCUT2D eigenvalue weighted by Crippen LogP contribution is 2.29. The first-order chi connectivity index (χ1) is 9.79. The lowest BCUT2D eigenvalue weighted by Crippen LogP contribution is -2.43. The van der Waals surface area contributed by atoms with Gasteiger partial charge in [-0.2, -0.15) is 5.10 Å². The van der Waals surface area contributed by atoms with Gasteiger partial charge in [0.2, 0.25) is 0 Å². The van der Waals surface area contributed by atoms with Gasteiger partial charge in [-0.1, -0.05) is 0 Å². The molecule has 1 aliphatic rings. The van der Waals surface area contributed by atoms with Crippen LogP contribution in [0.1, 0.15) is 5.56 Å². The van der Waals surface area contributed by atoms with Gasteiger partial charge in [0, 0.05) is 37.3 Å². The Morgan fingerprint density at radius 1 is 1.15 bits per heavy atom. The first-order valence-electron chi connectivity index (χ1n) is 6.94. The van der Waals surface area contributed by atoms with Crippen molar-refractivity contribution in [3.63, 3.8) is 0 Å². The van der Waals surface area contributed by atoms with Crippen molar-refractivity contribution in [3.8, 4) is 17.0 Å². The minimum atomic E-state index is 0.869. The van der Waals surface area contributed by atoms with Crippen LogP contribution in [0, 0.1) is 6.92 Å². The lowest BCUT2D eigenvalue weighted by atomic mass is 10.1. The fourth-order valence-electron chi connectivity index (χ4n) is 2.61. The zero-order valence-corrected chi connectivity index (χ0v) is 11.9. The van der Waals surface area contributed by atoms with E-state index < -0.39 is 0 Å². The standard InChI is InChI=1S/C15H20N4O/c1-11-14(12-3-5-13(20-2)6-4-12)17-18-15(11)19-9-7-16-8-10-19/h3-6,16H,7-10H2,1-2H3,(H,17,18). The predicted octanol–water partition coefficient (Wildman–Crippen LogP) is 1.80. The third-order valence-electron chi connectivity index (χ3n) is 3.78. The summed E-state index contributed by atoms with van der Waals surface area (Å²) in [5.74, 6) is 1.94. The van der Waals surface area contributed by atoms with Gasteiger partial charge >= 0.3 is 0 Å². The van der Waals surface area contributed by atoms with E-state index in [9.17, 15) is 0 Å². The molecule has 0 atom stereocenters. The highest BCUT2D eigenvalue weighted by Gasteiger charge is 2.18. The largest absolute Gasteiger partial charge is 0.497 e. The maximum atomic E-state index is 5.19. The number of H-pyrrole nitrogens is 1. The summed E-state index contributed by atoms with van der Waals surface area (Å²) >= 11 is 0. The monoisotopic (exact) mass is 272 g/mol. The van der Waals surface area contributed by atoms with Crippen LogP contribution in [0.3, 0.4) is 0 Å². The molecule has 1 aromatic heterocycles. The van der Waals surface area contributed by atoms with E-state index in [2.05, 4.69) is 39.5 Å². The Balaban J connectivity index is 1.88. The van der Waals surface area contributed by atoms with Crippen LogP contribution in [-0.2, 0) is 0 Å². The lowest BCUT2D eigenvalue weighted by molar-refractivity contribution is 0.415. The summed E-state index contributed by atoms with van der Waals surface area (Å²) < 4.78 is 5.19. The smallest absolute Gasteiger partial charge is 0.154 e. The molecule has 2 heterocycles. The number of rotatable bonds is 3. The quantitative estimate of drug-likeness (QED) is 0.894. The van der Waals surface area contributed by atoms with Crippen molar-refractivity contribution in [3.05, 3.63) is 29.8 Å². The number of piperazine rings is 1. The predicted molar refractivity (Wildman–Crippen MR) is 80.4 cm³/mol. The van der Waals surface area contributed by atoms with Gasteiger partial charge in [-0.05, 0) is 31.2 Å². The van der Waals surface area contributed by atoms with Crippen LogP contribution < -0.4 is 15.0 Å². The molecule has 1 aromatic carbocycles. The van der Waals surface area contributed by atoms with Crippen molar-refractivity contribution in [2.75, 3.05) is 38.2 Å². The number of aromatic amines is 1. The molecule has 0 unspecified atom stereocenters. The Labute approximate surface area is 118 Å². The maximum absolute atomic E-state index is 5.19. The van der Waals surface area contributed by atoms with Crippen LogP contribution >= 0.6 is 0 Å². The second-order valence-electron chi connectivity index (χ2n) is 5.01. The number of nitrogens with one attached hydrogen (secondary N) is 2. The van der Waals surface area contributed by atoms with Crippen LogP contribution in [0.5, 0.6) is 5.75 Å². The molecule has 0 aliphatic carbocycles. The van der Waals surface area contributed by atoms with Crippen LogP contribution in [0.25, 0.3) is 11.3 Å². The van der Waals surface area contributed by atoms with E-state index in [0.717, 1.165) is 49.0 Å². The van der Waals surface area contributed by atoms with Crippen LogP contribution in [0.2, 0.25) is 0 Å². The second kappa shape index (κ2) is 5.54. The number of anilines is 1. The molecule has 0 saturated carbocycles. The number of nitrogens with zero attached hydrogens (tertiary/aromatic N) is 2. The minimum Gasteiger partial charge on any atom is -0.497 e. The van der Waals surface area contributed by atoms with Crippen molar-refractivity contribution in [1.29, 1.82) is 0 Å². The highest BCUT2D eigenvalue weighted by molar-refractivity contribution is 5.69. The summed E-state index contributed by atoms with van der Waals surface area (Å²) in [5, 5.41) is 11.0. The van der Waals surface area contributed by atoms with Crippen molar-refractivity contribution in [2.24, 2.45) is 0 Å². The normalized spacial score (nSPS) is 15.4. The van der Waals surface area contributed by atoms with E-state index in [-0.39, 0.29) is 0 Å². The average Bonchev–Trinajstić information content (AvgIpc) is 2.90. The summed E-state index contributed by atoms with van der Waals surface area (Å²) in [6, 6.07) is 8.06. The van der Waals surface area contributed by atoms with Gasteiger partial charge in [0.25, 0.3) is 0 Å². The summed E-state index contributed by atoms with van der Waals surface area (Å²) in [6.45, 7) is 6.18. The first kappa shape index (κ1) is 13.0. The summed E-state index contributed by atoms with van der Waals surface area (Å²) in [6.07, 6.45) is 0. The Hall–Kier alpha value is -2.01. The van der Waals surface area contributed by atoms with Crippen LogP contribution in [0.15, 0.2) is 24.3 Å². The fraction of sp³-hybridized carbons (Fsp3) is 0.400. The van der Waals surface area contributed by atoms with Crippen LogP contribution in [-0.4, -0.2) is 43.5 Å². The number of hydrogen-bond donors (Lipinski definition) is 2. The molecule has 0 spiro atoms. The van der Waals surface area contributed by atoms with Gasteiger partial charge in [0.05, 0.1) is 12.8 Å². The molecular weight excluding hydrogens is 252 g/mol. The molecule has 1 aliphatic heterocycles. The van der Waals surface area contributed by atoms with Gasteiger partial charge in [-0.15, -0.1) is 0 Å². The highest BCUT2D eigenvalue weighted by atomic mass is 16.5. The number of methoxy groups -OCH3 is 1. The van der Waals surface area contributed by atoms with Gasteiger partial charge in [0.1, 0.15) is 5.75 Å². The first-order valence-corrected chi connectivity index (χ1v) is 6.94. The zero-order valence-electron chi connectivity index (χ0n) is 11.9. The molecule has 3 rings (SSSR count). The van der Waals surface area contributed by atoms with Crippen LogP contribution in [0.4, 0.5) is 5.82 Å². The minimum absolute atomic E-state index is 0.869. The second-order valence-corrected chi connectivity index (χ2v) is 5.01. The number of aromatic nitrogens is 2. The van der Waals surface area contributed by atoms with E-state index in [1.54, 1.807) is 7.11 Å². The van der Waals surface area contributed by atoms with E-state index in [4.69, 9.17) is 4.74 Å². The molecule has 0 amide bonds. The molecule has 2 aromatic rings. The maximum Gasteiger partial charge on any atom is 0.154 e. The molecule has 0 radical (unpaired) electrons. The fourth-order valence-corrected chi connectivity index (χ4v) is 2.61. The topological polar surface area (TPSA) is 53.2 Å². The van der Waals surface area contributed by atoms with E-state index in [1.807, 2.05) is 12.1 Å². The molecule has 5 heteroatoms. The average molecular weight is 272 g/mol. The van der Waals surface area contributed by atoms with Gasteiger partial charge in [-0.3, -0.25) is 5.10 Å². The summed E-state index contributed by atoms with van der Waals surface area (Å²) in [7, 11) is 1.68. The van der Waals surface area contributed by atoms with Crippen molar-refractivity contribution >= 4 is 5.82 Å². The van der Waals surface area contributed by atoms with Gasteiger partial charge < -0.3 is 15.0 Å². The Kier molecular flexibility index (Phi) is 3.60. The third kappa shape index (κ3) is 2.36. The molecule has 106 valence electrons. The van der Waals surface area contributed by atoms with E-state index in [0.29, 0.717) is 0 Å². The molecule has 5 nitrogen and oxygen atoms in total. The Morgan fingerprint density at radius 3 is 2.50 bits per heavy atom. The van der Waals surface area contributed by atoms with E-state index in [1.165, 1.54) is 5.56 Å². The molecule has 20 heavy (non-hydrogen) atoms. The number of benzene rings is 1. The van der Waals surface area contributed by atoms with Crippen molar-refractivity contribution < 1.29 is 4.74 Å². The van der Waals surface area contributed by atoms with E-state index >= 15 is 0 Å². The summed E-state index contributed by atoms with van der Waals surface area (Å²) in [5.41, 5.74) is 3.43. The molecule has 2 N–H and O–H groups in total. The zero-order chi connectivity index (χ0) is 13.9. The third-order valence-corrected chi connectivity index (χ3v) is 3.78. The Bertz CT molecular complexity index is 570. The molecule has 1 saturated heterocycles. The van der Waals surface area contributed by atoms with Crippen molar-refractivity contribution in [1.82, 2.24) is 15.5 Å². The Morgan fingerprint density at radius 2 is 1.85 bits per heavy atom. The summed E-state index contributed by atoms with van der Waals surface area (Å²) in [4.78, 5) is 2.33. The lowest BCUT2D eigenvalue weighted by Gasteiger charge is -2.27. The van der Waals surface area contributed by atoms with Crippen molar-refractivity contribution in [2.45, 2.75) is 6.92 Å². The molecule has 1 fully saturated rings. The van der Waals surface area contributed by atoms with Gasteiger partial charge in [0.15, 0.2) is 5.82 Å². The molecular formula is C15H20N4O. The SMILES string of the molecule is COc1ccc(-c2[nH]nc(N3CCNCC3)c2C)cc1.